The zero-order chi connectivity index (χ0) is 21.3. The highest BCUT2D eigenvalue weighted by Crippen LogP contribution is 2.10. The lowest BCUT2D eigenvalue weighted by Gasteiger charge is -2.22. The molecule has 6 heteroatoms. The molecule has 0 saturated heterocycles. The molecule has 0 spiro atoms. The van der Waals surface area contributed by atoms with Gasteiger partial charge in [0.15, 0.2) is 0 Å². The topological polar surface area (TPSA) is 87.1 Å². The van der Waals surface area contributed by atoms with E-state index in [1.807, 2.05) is 36.4 Å². The van der Waals surface area contributed by atoms with Crippen LogP contribution in [0.3, 0.4) is 0 Å². The molecule has 1 aromatic rings. The second-order valence-corrected chi connectivity index (χ2v) is 7.16. The average Bonchev–Trinajstić information content (AvgIpc) is 2.69. The number of aliphatic hydroxyl groups excluding tert-OH is 1. The minimum absolute atomic E-state index is 0.118. The van der Waals surface area contributed by atoms with E-state index in [0.717, 1.165) is 31.2 Å². The third-order valence-electron chi connectivity index (χ3n) is 4.56. The number of ether oxygens (including phenoxy) is 1. The van der Waals surface area contributed by atoms with Crippen LogP contribution in [0.25, 0.3) is 0 Å². The van der Waals surface area contributed by atoms with E-state index >= 15 is 0 Å². The van der Waals surface area contributed by atoms with Crippen LogP contribution < -0.4 is 0 Å². The molecule has 0 aliphatic carbocycles. The maximum atomic E-state index is 12.5. The van der Waals surface area contributed by atoms with Crippen molar-refractivity contribution in [1.29, 1.82) is 0 Å². The molecule has 0 aromatic heterocycles. The van der Waals surface area contributed by atoms with Gasteiger partial charge in [0, 0.05) is 19.5 Å². The largest absolute Gasteiger partial charge is 0.480 e. The highest BCUT2D eigenvalue weighted by Gasteiger charge is 2.13. The summed E-state index contributed by atoms with van der Waals surface area (Å²) in [7, 11) is 0. The summed E-state index contributed by atoms with van der Waals surface area (Å²) in [6.45, 7) is 3.05. The van der Waals surface area contributed by atoms with Crippen molar-refractivity contribution >= 4 is 11.9 Å². The van der Waals surface area contributed by atoms with Crippen molar-refractivity contribution in [2.45, 2.75) is 58.0 Å². The van der Waals surface area contributed by atoms with Crippen molar-refractivity contribution in [3.05, 3.63) is 48.0 Å². The van der Waals surface area contributed by atoms with Gasteiger partial charge < -0.3 is 19.8 Å². The maximum absolute atomic E-state index is 12.5. The summed E-state index contributed by atoms with van der Waals surface area (Å²) in [6, 6.07) is 9.89. The third-order valence-corrected chi connectivity index (χ3v) is 4.56. The first kappa shape index (κ1) is 24.9. The summed E-state index contributed by atoms with van der Waals surface area (Å²) in [5.41, 5.74) is 1.11. The molecule has 162 valence electrons. The first-order valence-corrected chi connectivity index (χ1v) is 10.5. The van der Waals surface area contributed by atoms with Gasteiger partial charge in [-0.25, -0.2) is 4.79 Å². The van der Waals surface area contributed by atoms with E-state index in [1.165, 1.54) is 0 Å². The summed E-state index contributed by atoms with van der Waals surface area (Å²) in [5.74, 6) is -0.882. The van der Waals surface area contributed by atoms with Crippen molar-refractivity contribution in [3.8, 4) is 0 Å². The van der Waals surface area contributed by atoms with Gasteiger partial charge in [-0.1, -0.05) is 62.2 Å². The number of aliphatic carboxylic acids is 1. The number of carbonyl (C=O) groups excluding carboxylic acids is 1. The van der Waals surface area contributed by atoms with Crippen LogP contribution in [0.4, 0.5) is 0 Å². The third kappa shape index (κ3) is 12.8. The van der Waals surface area contributed by atoms with E-state index in [4.69, 9.17) is 9.84 Å². The first-order valence-electron chi connectivity index (χ1n) is 10.5. The molecule has 0 bridgehead atoms. The summed E-state index contributed by atoms with van der Waals surface area (Å²) in [6.07, 6.45) is 8.65. The van der Waals surface area contributed by atoms with Crippen molar-refractivity contribution in [2.24, 2.45) is 0 Å². The van der Waals surface area contributed by atoms with Crippen molar-refractivity contribution in [3.63, 3.8) is 0 Å². The van der Waals surface area contributed by atoms with Crippen LogP contribution in [0.2, 0.25) is 0 Å². The first-order chi connectivity index (χ1) is 14.0. The Hall–Kier alpha value is -2.18. The summed E-state index contributed by atoms with van der Waals surface area (Å²) in [4.78, 5) is 24.7. The minimum atomic E-state index is -1.000. The van der Waals surface area contributed by atoms with Crippen molar-refractivity contribution in [1.82, 2.24) is 4.90 Å². The number of carboxylic acid groups (broad SMARTS) is 1. The molecule has 6 nitrogen and oxygen atoms in total. The van der Waals surface area contributed by atoms with Crippen LogP contribution in [0.15, 0.2) is 42.5 Å². The minimum Gasteiger partial charge on any atom is -0.480 e. The van der Waals surface area contributed by atoms with Gasteiger partial charge in [0.25, 0.3) is 0 Å². The average molecular weight is 406 g/mol. The van der Waals surface area contributed by atoms with Crippen LogP contribution in [-0.4, -0.2) is 59.4 Å². The molecule has 0 aliphatic rings. The number of benzene rings is 1. The molecular weight excluding hydrogens is 370 g/mol. The lowest BCUT2D eigenvalue weighted by Crippen LogP contribution is -2.32. The fourth-order valence-corrected chi connectivity index (χ4v) is 2.99. The highest BCUT2D eigenvalue weighted by atomic mass is 16.5. The Morgan fingerprint density at radius 2 is 1.90 bits per heavy atom. The van der Waals surface area contributed by atoms with Gasteiger partial charge in [0.2, 0.25) is 5.91 Å². The number of amides is 1. The molecule has 0 saturated carbocycles. The van der Waals surface area contributed by atoms with Gasteiger partial charge >= 0.3 is 5.97 Å². The van der Waals surface area contributed by atoms with Crippen molar-refractivity contribution in [2.75, 3.05) is 26.3 Å². The summed E-state index contributed by atoms with van der Waals surface area (Å²) >= 11 is 0. The van der Waals surface area contributed by atoms with Crippen molar-refractivity contribution < 1.29 is 24.5 Å². The van der Waals surface area contributed by atoms with Gasteiger partial charge in [-0.15, -0.1) is 0 Å². The zero-order valence-corrected chi connectivity index (χ0v) is 17.5. The Balaban J connectivity index is 2.42. The molecule has 1 rings (SSSR count). The molecule has 1 amide bonds. The van der Waals surface area contributed by atoms with E-state index in [-0.39, 0.29) is 19.1 Å². The van der Waals surface area contributed by atoms with Crippen LogP contribution in [0.5, 0.6) is 0 Å². The van der Waals surface area contributed by atoms with Crippen LogP contribution in [0, 0.1) is 0 Å². The molecular formula is C23H35NO5. The Morgan fingerprint density at radius 1 is 1.14 bits per heavy atom. The van der Waals surface area contributed by atoms with Gasteiger partial charge in [0.05, 0.1) is 12.7 Å². The lowest BCUT2D eigenvalue weighted by atomic mass is 10.0. The molecule has 0 aliphatic heterocycles. The number of hydrogen-bond acceptors (Lipinski definition) is 4. The predicted molar refractivity (Wildman–Crippen MR) is 114 cm³/mol. The maximum Gasteiger partial charge on any atom is 0.329 e. The number of nitrogens with zero attached hydrogens (tertiary/aromatic N) is 1. The van der Waals surface area contributed by atoms with E-state index in [1.54, 1.807) is 11.0 Å². The highest BCUT2D eigenvalue weighted by molar-refractivity contribution is 5.76. The molecule has 1 aromatic carbocycles. The second kappa shape index (κ2) is 15.7. The summed E-state index contributed by atoms with van der Waals surface area (Å²) in [5, 5.41) is 18.8. The van der Waals surface area contributed by atoms with E-state index in [9.17, 15) is 14.7 Å². The van der Waals surface area contributed by atoms with E-state index in [0.29, 0.717) is 32.4 Å². The SMILES string of the molecule is CCCCCC(=O)N(C/C=C\COCC(=O)O)CCCC(O)Cc1ccccc1. The van der Waals surface area contributed by atoms with E-state index < -0.39 is 12.1 Å². The molecule has 0 fully saturated rings. The zero-order valence-electron chi connectivity index (χ0n) is 17.5. The standard InChI is InChI=1S/C23H35NO5/c1-2-3-5-14-22(26)24(15-8-9-17-29-19-23(27)28)16-10-13-21(25)18-20-11-6-4-7-12-20/h4,6-9,11-12,21,25H,2-3,5,10,13-19H2,1H3,(H,27,28)/b9-8-. The number of hydrogen-bond donors (Lipinski definition) is 2. The molecule has 2 N–H and O–H groups in total. The Labute approximate surface area is 174 Å². The molecule has 1 unspecified atom stereocenters. The number of carboxylic acids is 1. The predicted octanol–water partition coefficient (Wildman–Crippen LogP) is 3.44. The smallest absolute Gasteiger partial charge is 0.329 e. The number of aliphatic hydroxyl groups is 1. The molecule has 1 atom stereocenters. The molecule has 0 heterocycles. The van der Waals surface area contributed by atoms with E-state index in [2.05, 4.69) is 6.92 Å². The molecule has 0 radical (unpaired) electrons. The quantitative estimate of drug-likeness (QED) is 0.325. The van der Waals surface area contributed by atoms with Crippen LogP contribution in [0.1, 0.15) is 51.0 Å². The Bertz CT molecular complexity index is 603. The Kier molecular flexibility index (Phi) is 13.5. The monoisotopic (exact) mass is 405 g/mol. The number of unbranched alkanes of at least 4 members (excludes halogenated alkanes) is 2. The van der Waals surface area contributed by atoms with Gasteiger partial charge in [-0.3, -0.25) is 4.79 Å². The normalized spacial score (nSPS) is 12.2. The van der Waals surface area contributed by atoms with Crippen LogP contribution in [-0.2, 0) is 20.7 Å². The lowest BCUT2D eigenvalue weighted by molar-refractivity contribution is -0.141. The fraction of sp³-hybridized carbons (Fsp3) is 0.565. The van der Waals surface area contributed by atoms with Gasteiger partial charge in [-0.05, 0) is 31.2 Å². The second-order valence-electron chi connectivity index (χ2n) is 7.16. The molecule has 29 heavy (non-hydrogen) atoms. The van der Waals surface area contributed by atoms with Gasteiger partial charge in [-0.2, -0.15) is 0 Å². The Morgan fingerprint density at radius 3 is 2.59 bits per heavy atom. The summed E-state index contributed by atoms with van der Waals surface area (Å²) < 4.78 is 4.96. The number of carbonyl (C=O) groups is 2. The fourth-order valence-electron chi connectivity index (χ4n) is 2.99. The number of rotatable bonds is 16. The van der Waals surface area contributed by atoms with Crippen LogP contribution >= 0.6 is 0 Å². The van der Waals surface area contributed by atoms with Gasteiger partial charge in [0.1, 0.15) is 6.61 Å².